The van der Waals surface area contributed by atoms with Crippen LogP contribution in [-0.4, -0.2) is 94.1 Å². The van der Waals surface area contributed by atoms with Crippen molar-refractivity contribution in [2.45, 2.75) is 168 Å². The Hall–Kier alpha value is -8.18. The van der Waals surface area contributed by atoms with Crippen LogP contribution in [0.1, 0.15) is 184 Å². The molecule has 0 aliphatic rings. The maximum absolute atomic E-state index is 6.08. The van der Waals surface area contributed by atoms with Crippen molar-refractivity contribution in [1.29, 1.82) is 0 Å². The molecule has 10 rings (SSSR count). The van der Waals surface area contributed by atoms with E-state index in [1.165, 1.54) is 28.1 Å². The maximum atomic E-state index is 6.08. The van der Waals surface area contributed by atoms with Crippen LogP contribution >= 0.6 is 0 Å². The van der Waals surface area contributed by atoms with Gasteiger partial charge in [-0.25, -0.2) is 24.0 Å². The van der Waals surface area contributed by atoms with Crippen LogP contribution in [0, 0.1) is 69.2 Å². The summed E-state index contributed by atoms with van der Waals surface area (Å²) in [6.45, 7) is 40.5. The number of aryl methyl sites for hydroxylation is 9. The van der Waals surface area contributed by atoms with Crippen LogP contribution in [0.25, 0.3) is 27.8 Å². The van der Waals surface area contributed by atoms with Crippen LogP contribution in [0.3, 0.4) is 0 Å². The van der Waals surface area contributed by atoms with Crippen LogP contribution in [0.15, 0.2) is 6.07 Å². The molecular formula is C51H76N24. The van der Waals surface area contributed by atoms with Gasteiger partial charge in [0.05, 0.1) is 62.4 Å². The average molecular weight is 1030 g/mol. The van der Waals surface area contributed by atoms with E-state index in [1.54, 1.807) is 20.5 Å². The number of hydrogen-bond acceptors (Lipinski definition) is 19. The number of nitrogen functional groups attached to an aromatic ring is 5. The summed E-state index contributed by atoms with van der Waals surface area (Å²) in [6, 6.07) is 2.05. The Bertz CT molecular complexity index is 3670. The maximum Gasteiger partial charge on any atom is 0.204 e. The molecule has 0 saturated carbocycles. The van der Waals surface area contributed by atoms with Crippen molar-refractivity contribution in [2.24, 2.45) is 0 Å². The molecule has 0 spiro atoms. The molecule has 0 radical (unpaired) electrons. The van der Waals surface area contributed by atoms with Gasteiger partial charge in [0, 0.05) is 17.5 Å². The lowest BCUT2D eigenvalue weighted by atomic mass is 10.0. The molecule has 0 amide bonds. The van der Waals surface area contributed by atoms with Gasteiger partial charge in [0.25, 0.3) is 0 Å². The van der Waals surface area contributed by atoms with Crippen molar-refractivity contribution >= 4 is 56.4 Å². The zero-order valence-electron chi connectivity index (χ0n) is 47.3. The highest BCUT2D eigenvalue weighted by Gasteiger charge is 2.21. The zero-order chi connectivity index (χ0) is 55.8. The molecule has 10 aromatic heterocycles. The molecule has 10 N–H and O–H groups in total. The quantitative estimate of drug-likeness (QED) is 0.110. The Labute approximate surface area is 437 Å². The highest BCUT2D eigenvalue weighted by atomic mass is 15.5. The van der Waals surface area contributed by atoms with Gasteiger partial charge in [-0.2, -0.15) is 18.6 Å². The Morgan fingerprint density at radius 2 is 0.853 bits per heavy atom. The number of nitrogens with zero attached hydrogens (tertiary/aromatic N) is 19. The normalized spacial score (nSPS) is 11.5. The molecule has 400 valence electrons. The zero-order valence-corrected chi connectivity index (χ0v) is 47.3. The number of rotatable bonds is 5. The third-order valence-corrected chi connectivity index (χ3v) is 12.9. The monoisotopic (exact) mass is 1020 g/mol. The third kappa shape index (κ3) is 10.9. The van der Waals surface area contributed by atoms with E-state index in [0.29, 0.717) is 69.4 Å². The van der Waals surface area contributed by atoms with Gasteiger partial charge in [-0.1, -0.05) is 90.1 Å². The van der Waals surface area contributed by atoms with E-state index < -0.39 is 0 Å². The lowest BCUT2D eigenvalue weighted by molar-refractivity contribution is 0.684. The predicted molar refractivity (Wildman–Crippen MR) is 296 cm³/mol. The predicted octanol–water partition coefficient (Wildman–Crippen LogP) is 7.84. The SMILES string of the molecule is Cc1nc(N)c2cc(C)c(C(C)C)n2n1.Cc1nnn2c(C(C)C)c(C)c(C)c2c1N.Cc1nnn2c(C(C)C)c(C)nc2c1N.Cc1nnn2c(C(C)C)nc(C)c2c1N.Cc1nnn2c(C(C)C)nnc2c1N. The molecule has 10 aromatic rings. The minimum absolute atomic E-state index is 0.251. The smallest absolute Gasteiger partial charge is 0.204 e. The van der Waals surface area contributed by atoms with Crippen LogP contribution in [0.5, 0.6) is 0 Å². The summed E-state index contributed by atoms with van der Waals surface area (Å²) in [5.41, 5.74) is 48.3. The van der Waals surface area contributed by atoms with Gasteiger partial charge in [-0.15, -0.1) is 30.6 Å². The fourth-order valence-corrected chi connectivity index (χ4v) is 8.93. The number of imidazole rings is 2. The van der Waals surface area contributed by atoms with Gasteiger partial charge in [0.2, 0.25) is 5.65 Å². The first-order valence-corrected chi connectivity index (χ1v) is 25.1. The van der Waals surface area contributed by atoms with Gasteiger partial charge in [-0.3, -0.25) is 0 Å². The van der Waals surface area contributed by atoms with Crippen molar-refractivity contribution in [2.75, 3.05) is 28.7 Å². The van der Waals surface area contributed by atoms with Crippen LogP contribution in [0.2, 0.25) is 0 Å². The topological polar surface area (TPSA) is 333 Å². The van der Waals surface area contributed by atoms with Crippen molar-refractivity contribution in [1.82, 2.24) is 94.1 Å². The standard InChI is InChI=1S/C12H18N4.C11H16N4.2C10H15N5.C8H12N6/c1-6(2)11-7(3)8(4)12-10(13)9(5)14-15-16(11)12;1-6(2)10-7(3)5-9-11(12)13-8(4)14-15(9)10;1-5(2)10-12-7(4)9-8(11)6(3)13-14-15(9)10;1-5(2)9-7(4)12-10-8(11)6(3)13-14-15(9)10;1-4(2)7-11-12-8-6(9)5(3)10-13-14(7)8/h6H,13H2,1-5H3;5-6H,1-4H3,(H2,12,13,14);2*5H,11H2,1-4H3;4H,9H2,1-3H3. The summed E-state index contributed by atoms with van der Waals surface area (Å²) >= 11 is 0. The minimum Gasteiger partial charge on any atom is -0.395 e. The average Bonchev–Trinajstić information content (AvgIpc) is 4.14. The summed E-state index contributed by atoms with van der Waals surface area (Å²) in [4.78, 5) is 13.1. The second-order valence-corrected chi connectivity index (χ2v) is 20.5. The number of fused-ring (bicyclic) bond motifs is 5. The molecule has 0 unspecified atom stereocenters. The lowest BCUT2D eigenvalue weighted by Crippen LogP contribution is -2.06. The molecule has 0 aliphatic heterocycles. The fraction of sp³-hybridized carbons (Fsp3) is 0.490. The summed E-state index contributed by atoms with van der Waals surface area (Å²) in [5.74, 6) is 4.70. The van der Waals surface area contributed by atoms with E-state index in [-0.39, 0.29) is 5.92 Å². The van der Waals surface area contributed by atoms with E-state index in [4.69, 9.17) is 28.7 Å². The first-order chi connectivity index (χ1) is 35.1. The lowest BCUT2D eigenvalue weighted by Gasteiger charge is -2.07. The minimum atomic E-state index is 0.251. The summed E-state index contributed by atoms with van der Waals surface area (Å²) < 4.78 is 8.87. The number of hydrogen-bond donors (Lipinski definition) is 5. The molecule has 75 heavy (non-hydrogen) atoms. The van der Waals surface area contributed by atoms with E-state index in [2.05, 4.69) is 148 Å². The highest BCUT2D eigenvalue weighted by molar-refractivity contribution is 5.77. The molecule has 24 nitrogen and oxygen atoms in total. The first kappa shape index (κ1) is 56.1. The Morgan fingerprint density at radius 3 is 1.39 bits per heavy atom. The van der Waals surface area contributed by atoms with Gasteiger partial charge in [0.1, 0.15) is 34.1 Å². The van der Waals surface area contributed by atoms with E-state index in [1.807, 2.05) is 70.5 Å². The number of aromatic nitrogens is 19. The molecule has 0 aliphatic carbocycles. The summed E-state index contributed by atoms with van der Waals surface area (Å²) in [6.07, 6.45) is 0. The van der Waals surface area contributed by atoms with Gasteiger partial charge < -0.3 is 28.7 Å². The molecule has 0 atom stereocenters. The first-order valence-electron chi connectivity index (χ1n) is 25.1. The molecule has 0 bridgehead atoms. The van der Waals surface area contributed by atoms with Crippen molar-refractivity contribution in [3.8, 4) is 0 Å². The second-order valence-electron chi connectivity index (χ2n) is 20.5. The highest BCUT2D eigenvalue weighted by Crippen LogP contribution is 2.31. The van der Waals surface area contributed by atoms with Crippen LogP contribution in [-0.2, 0) is 0 Å². The molecule has 0 aromatic carbocycles. The van der Waals surface area contributed by atoms with Crippen LogP contribution in [0.4, 0.5) is 28.6 Å². The van der Waals surface area contributed by atoms with E-state index in [0.717, 1.165) is 68.0 Å². The van der Waals surface area contributed by atoms with Gasteiger partial charge >= 0.3 is 0 Å². The second kappa shape index (κ2) is 22.1. The van der Waals surface area contributed by atoms with Crippen molar-refractivity contribution in [3.05, 3.63) is 91.5 Å². The third-order valence-electron chi connectivity index (χ3n) is 12.9. The largest absolute Gasteiger partial charge is 0.395 e. The van der Waals surface area contributed by atoms with Gasteiger partial charge in [-0.05, 0) is 110 Å². The molecule has 0 saturated heterocycles. The molecule has 10 heterocycles. The summed E-state index contributed by atoms with van der Waals surface area (Å²) in [7, 11) is 0. The fourth-order valence-electron chi connectivity index (χ4n) is 8.93. The molecule has 24 heteroatoms. The Balaban J connectivity index is 0.000000152. The number of anilines is 5. The van der Waals surface area contributed by atoms with E-state index in [9.17, 15) is 0 Å². The Morgan fingerprint density at radius 1 is 0.373 bits per heavy atom. The van der Waals surface area contributed by atoms with Crippen molar-refractivity contribution in [3.63, 3.8) is 0 Å². The van der Waals surface area contributed by atoms with Crippen LogP contribution < -0.4 is 28.7 Å². The molecular weight excluding hydrogens is 949 g/mol. The summed E-state index contributed by atoms with van der Waals surface area (Å²) in [5, 5.41) is 44.9. The Kier molecular flexibility index (Phi) is 16.6. The number of nitrogens with two attached hydrogens (primary N) is 5. The van der Waals surface area contributed by atoms with Gasteiger partial charge in [0.15, 0.2) is 17.3 Å². The molecule has 0 fully saturated rings. The van der Waals surface area contributed by atoms with Crippen molar-refractivity contribution < 1.29 is 0 Å². The van der Waals surface area contributed by atoms with E-state index >= 15 is 0 Å².